The Kier molecular flexibility index (Phi) is 3.53. The Morgan fingerprint density at radius 1 is 0.667 bits per heavy atom. The van der Waals surface area contributed by atoms with Gasteiger partial charge in [0.1, 0.15) is 0 Å². The minimum Gasteiger partial charge on any atom is -0.253 e. The summed E-state index contributed by atoms with van der Waals surface area (Å²) < 4.78 is 54.5. The molecule has 0 bridgehead atoms. The molecule has 0 unspecified atom stereocenters. The van der Waals surface area contributed by atoms with E-state index in [1.54, 1.807) is 0 Å². The Morgan fingerprint density at radius 2 is 0.933 bits per heavy atom. The molecule has 1 nitrogen and oxygen atoms in total. The predicted molar refractivity (Wildman–Crippen MR) is 49.9 cm³/mol. The molecule has 0 radical (unpaired) electrons. The summed E-state index contributed by atoms with van der Waals surface area (Å²) in [5.74, 6) is -2.77. The van der Waals surface area contributed by atoms with Gasteiger partial charge in [0, 0.05) is 10.8 Å². The van der Waals surface area contributed by atoms with E-state index in [1.807, 2.05) is 0 Å². The largest absolute Gasteiger partial charge is 0.525 e. The third-order valence-corrected chi connectivity index (χ3v) is 2.19. The molecule has 0 aromatic carbocycles. The Bertz CT molecular complexity index is 205. The molecule has 0 aromatic heterocycles. The van der Waals surface area contributed by atoms with Gasteiger partial charge >= 0.3 is 6.36 Å². The first kappa shape index (κ1) is 14.7. The van der Waals surface area contributed by atoms with E-state index in [0.717, 1.165) is 0 Å². The molecule has 0 amide bonds. The van der Waals surface area contributed by atoms with E-state index in [-0.39, 0.29) is 0 Å². The Balaban J connectivity index is 5.26. The van der Waals surface area contributed by atoms with E-state index in [4.69, 9.17) is 0 Å². The molecule has 92 valence electrons. The molecular formula is C10H18F4O. The smallest absolute Gasteiger partial charge is 0.253 e. The van der Waals surface area contributed by atoms with Gasteiger partial charge < -0.3 is 0 Å². The second kappa shape index (κ2) is 3.61. The zero-order valence-electron chi connectivity index (χ0n) is 9.92. The maximum Gasteiger partial charge on any atom is 0.525 e. The van der Waals surface area contributed by atoms with Gasteiger partial charge in [0.2, 0.25) is 5.85 Å². The number of ether oxygens (including phenoxy) is 1. The van der Waals surface area contributed by atoms with Crippen LogP contribution in [0.5, 0.6) is 0 Å². The van der Waals surface area contributed by atoms with Crippen LogP contribution in [0.4, 0.5) is 17.6 Å². The molecule has 0 heterocycles. The highest BCUT2D eigenvalue weighted by atomic mass is 19.4. The maximum atomic E-state index is 14.4. The molecular weight excluding hydrogens is 212 g/mol. The highest BCUT2D eigenvalue weighted by Gasteiger charge is 2.58. The first-order valence-electron chi connectivity index (χ1n) is 4.66. The monoisotopic (exact) mass is 230 g/mol. The molecule has 0 saturated carbocycles. The Morgan fingerprint density at radius 3 is 1.00 bits per heavy atom. The van der Waals surface area contributed by atoms with Crippen LogP contribution >= 0.6 is 0 Å². The van der Waals surface area contributed by atoms with E-state index in [2.05, 4.69) is 4.74 Å². The third-order valence-electron chi connectivity index (χ3n) is 2.19. The Hall–Kier alpha value is -0.320. The lowest BCUT2D eigenvalue weighted by Crippen LogP contribution is -2.54. The van der Waals surface area contributed by atoms with Crippen LogP contribution in [0.1, 0.15) is 41.5 Å². The second-order valence-electron chi connectivity index (χ2n) is 5.64. The van der Waals surface area contributed by atoms with Crippen molar-refractivity contribution in [3.05, 3.63) is 0 Å². The molecule has 0 spiro atoms. The van der Waals surface area contributed by atoms with Gasteiger partial charge in [-0.1, -0.05) is 41.5 Å². The van der Waals surface area contributed by atoms with Gasteiger partial charge in [0.25, 0.3) is 0 Å². The summed E-state index contributed by atoms with van der Waals surface area (Å²) in [5, 5.41) is 0. The van der Waals surface area contributed by atoms with Crippen molar-refractivity contribution >= 4 is 0 Å². The normalized spacial score (nSPS) is 15.6. The molecule has 0 aromatic rings. The molecule has 0 fully saturated rings. The lowest BCUT2D eigenvalue weighted by Gasteiger charge is -2.46. The van der Waals surface area contributed by atoms with E-state index in [0.29, 0.717) is 0 Å². The van der Waals surface area contributed by atoms with E-state index < -0.39 is 23.0 Å². The fourth-order valence-electron chi connectivity index (χ4n) is 1.59. The standard InChI is InChI=1S/C10H18F4O/c1-7(2,3)9(11,8(4,5)6)15-10(12,13)14/h1-6H3. The van der Waals surface area contributed by atoms with Crippen LogP contribution in [0.2, 0.25) is 0 Å². The van der Waals surface area contributed by atoms with E-state index >= 15 is 0 Å². The zero-order chi connectivity index (χ0) is 12.7. The summed E-state index contributed by atoms with van der Waals surface area (Å²) in [7, 11) is 0. The fraction of sp³-hybridized carbons (Fsp3) is 1.00. The van der Waals surface area contributed by atoms with Crippen molar-refractivity contribution < 1.29 is 22.3 Å². The highest BCUT2D eigenvalue weighted by Crippen LogP contribution is 2.50. The van der Waals surface area contributed by atoms with Crippen molar-refractivity contribution in [1.29, 1.82) is 0 Å². The number of alkyl halides is 4. The van der Waals surface area contributed by atoms with Crippen LogP contribution < -0.4 is 0 Å². The van der Waals surface area contributed by atoms with Crippen molar-refractivity contribution in [2.45, 2.75) is 53.8 Å². The first-order valence-corrected chi connectivity index (χ1v) is 4.66. The summed E-state index contributed by atoms with van der Waals surface area (Å²) in [6, 6.07) is 0. The van der Waals surface area contributed by atoms with Gasteiger partial charge in [-0.3, -0.25) is 4.74 Å². The molecule has 15 heavy (non-hydrogen) atoms. The number of hydrogen-bond donors (Lipinski definition) is 0. The van der Waals surface area contributed by atoms with Crippen LogP contribution in [-0.4, -0.2) is 12.2 Å². The number of halogens is 4. The van der Waals surface area contributed by atoms with Gasteiger partial charge in [-0.25, -0.2) is 4.39 Å². The van der Waals surface area contributed by atoms with Gasteiger partial charge in [-0.15, -0.1) is 13.2 Å². The summed E-state index contributed by atoms with van der Waals surface area (Å²) in [4.78, 5) is 0. The minimum absolute atomic E-state index is 1.26. The molecule has 0 atom stereocenters. The number of hydrogen-bond acceptors (Lipinski definition) is 1. The molecule has 5 heteroatoms. The molecule has 0 N–H and O–H groups in total. The highest BCUT2D eigenvalue weighted by molar-refractivity contribution is 4.93. The third kappa shape index (κ3) is 3.33. The molecule has 0 aliphatic rings. The van der Waals surface area contributed by atoms with Crippen molar-refractivity contribution in [1.82, 2.24) is 0 Å². The van der Waals surface area contributed by atoms with Gasteiger partial charge in [0.05, 0.1) is 0 Å². The fourth-order valence-corrected chi connectivity index (χ4v) is 1.59. The summed E-state index contributed by atoms with van der Waals surface area (Å²) in [5.41, 5.74) is -2.53. The second-order valence-corrected chi connectivity index (χ2v) is 5.64. The molecule has 0 saturated heterocycles. The van der Waals surface area contributed by atoms with Gasteiger partial charge in [-0.2, -0.15) is 0 Å². The number of rotatable bonds is 1. The quantitative estimate of drug-likeness (QED) is 0.611. The summed E-state index contributed by atoms with van der Waals surface area (Å²) in [6.07, 6.45) is -4.98. The molecule has 0 aliphatic heterocycles. The summed E-state index contributed by atoms with van der Waals surface area (Å²) >= 11 is 0. The molecule has 0 aliphatic carbocycles. The minimum atomic E-state index is -4.98. The van der Waals surface area contributed by atoms with Crippen LogP contribution in [0.15, 0.2) is 0 Å². The van der Waals surface area contributed by atoms with Crippen LogP contribution in [0.25, 0.3) is 0 Å². The lowest BCUT2D eigenvalue weighted by molar-refractivity contribution is -0.432. The van der Waals surface area contributed by atoms with Crippen molar-refractivity contribution in [2.24, 2.45) is 10.8 Å². The Labute approximate surface area is 87.8 Å². The van der Waals surface area contributed by atoms with E-state index in [1.165, 1.54) is 41.5 Å². The van der Waals surface area contributed by atoms with Crippen LogP contribution in [0.3, 0.4) is 0 Å². The van der Waals surface area contributed by atoms with Crippen LogP contribution in [-0.2, 0) is 4.74 Å². The van der Waals surface area contributed by atoms with Crippen LogP contribution in [0, 0.1) is 10.8 Å². The predicted octanol–water partition coefficient (Wildman–Crippen LogP) is 4.28. The topological polar surface area (TPSA) is 9.23 Å². The van der Waals surface area contributed by atoms with Gasteiger partial charge in [0.15, 0.2) is 0 Å². The van der Waals surface area contributed by atoms with Crippen molar-refractivity contribution in [2.75, 3.05) is 0 Å². The zero-order valence-corrected chi connectivity index (χ0v) is 9.92. The SMILES string of the molecule is CC(C)(C)C(F)(OC(F)(F)F)C(C)(C)C. The van der Waals surface area contributed by atoms with Gasteiger partial charge in [-0.05, 0) is 0 Å². The maximum absolute atomic E-state index is 14.4. The van der Waals surface area contributed by atoms with Crippen molar-refractivity contribution in [3.63, 3.8) is 0 Å². The van der Waals surface area contributed by atoms with E-state index in [9.17, 15) is 17.6 Å². The lowest BCUT2D eigenvalue weighted by atomic mass is 9.72. The first-order chi connectivity index (χ1) is 6.21. The van der Waals surface area contributed by atoms with Crippen molar-refractivity contribution in [3.8, 4) is 0 Å². The average Bonchev–Trinajstić information content (AvgIpc) is 1.77. The summed E-state index contributed by atoms with van der Waals surface area (Å²) in [6.45, 7) is 8.27. The molecule has 0 rings (SSSR count). The average molecular weight is 230 g/mol.